The molecule has 2 saturated heterocycles. The summed E-state index contributed by atoms with van der Waals surface area (Å²) in [5.41, 5.74) is 16.2. The number of halogens is 1. The van der Waals surface area contributed by atoms with E-state index in [4.69, 9.17) is 42.6 Å². The van der Waals surface area contributed by atoms with Crippen molar-refractivity contribution in [1.29, 1.82) is 0 Å². The number of aromatic nitrogens is 6. The Hall–Kier alpha value is -9.14. The number of hydrogen-bond acceptors (Lipinski definition) is 16. The highest BCUT2D eigenvalue weighted by Crippen LogP contribution is 2.58. The van der Waals surface area contributed by atoms with Crippen molar-refractivity contribution in [3.63, 3.8) is 0 Å². The third-order valence-corrected chi connectivity index (χ3v) is 21.9. The van der Waals surface area contributed by atoms with Crippen LogP contribution < -0.4 is 41.5 Å². The number of amides is 4. The lowest BCUT2D eigenvalue weighted by molar-refractivity contribution is 0.0719. The normalized spacial score (nSPS) is 16.7. The van der Waals surface area contributed by atoms with E-state index in [1.807, 2.05) is 109 Å². The summed E-state index contributed by atoms with van der Waals surface area (Å²) in [6, 6.07) is 41.8. The number of pyridine rings is 2. The first-order valence-corrected chi connectivity index (χ1v) is 34.2. The lowest BCUT2D eigenvalue weighted by atomic mass is 9.80. The van der Waals surface area contributed by atoms with E-state index in [-0.39, 0.29) is 31.8 Å². The van der Waals surface area contributed by atoms with E-state index in [0.717, 1.165) is 61.6 Å². The Morgan fingerprint density at radius 3 is 1.40 bits per heavy atom. The van der Waals surface area contributed by atoms with Gasteiger partial charge in [-0.15, -0.1) is 20.4 Å². The molecule has 492 valence electrons. The second-order valence-corrected chi connectivity index (χ2v) is 27.2. The van der Waals surface area contributed by atoms with E-state index in [0.29, 0.717) is 77.8 Å². The zero-order valence-corrected chi connectivity index (χ0v) is 55.7. The molecule has 0 unspecified atom stereocenters. The summed E-state index contributed by atoms with van der Waals surface area (Å²) in [5, 5.41) is 40.2. The maximum absolute atomic E-state index is 12.9. The van der Waals surface area contributed by atoms with Gasteiger partial charge in [0.1, 0.15) is 17.2 Å². The number of primary amides is 2. The molecule has 2 atom stereocenters. The number of methoxy groups -OCH3 is 2. The summed E-state index contributed by atoms with van der Waals surface area (Å²) >= 11 is 6.16. The largest absolute Gasteiger partial charge is 0.496 e. The van der Waals surface area contributed by atoms with Crippen LogP contribution in [0.2, 0.25) is 5.15 Å². The van der Waals surface area contributed by atoms with Gasteiger partial charge in [0.2, 0.25) is 11.8 Å². The van der Waals surface area contributed by atoms with Gasteiger partial charge in [0.25, 0.3) is 11.8 Å². The molecule has 0 spiro atoms. The molecule has 2 aliphatic heterocycles. The first-order valence-electron chi connectivity index (χ1n) is 32.4. The van der Waals surface area contributed by atoms with Crippen molar-refractivity contribution in [2.45, 2.75) is 101 Å². The van der Waals surface area contributed by atoms with Gasteiger partial charge < -0.3 is 50.6 Å². The smallest absolute Gasteiger partial charge is 0.488 e. The van der Waals surface area contributed by atoms with Gasteiger partial charge in [-0.1, -0.05) is 125 Å². The first kappa shape index (κ1) is 68.7. The number of nitrogens with zero attached hydrogens (tertiary/aromatic N) is 10. The Morgan fingerprint density at radius 1 is 0.516 bits per heavy atom. The van der Waals surface area contributed by atoms with Crippen LogP contribution in [0.25, 0.3) is 32.8 Å². The Morgan fingerprint density at radius 2 is 0.958 bits per heavy atom. The topological polar surface area (TPSA) is 270 Å². The maximum Gasteiger partial charge on any atom is 0.488 e. The Balaban J connectivity index is 0.000000145. The third-order valence-electron chi connectivity index (χ3n) is 18.0. The molecule has 4 aromatic heterocycles. The fourth-order valence-corrected chi connectivity index (χ4v) is 17.3. The first-order chi connectivity index (χ1) is 46.1. The molecule has 4 fully saturated rings. The third kappa shape index (κ3) is 16.7. The SMILES string of the molecule is COc1cccc(OC)c1P(C1CCCCC1)C1CCCCC1.C[C@@H]1CN(C(=O)c2ccccc2)CCN1c1nnc(-c2ccc(C(N)=O)cc2)c2ccncc12.C[C@@H]1CN(C(=O)c2ccccc2)CCN1c1nnc(Cl)c2ccncc12.NC(=O)c1ccc(B(O)O)cc1. The molecule has 5 aromatic carbocycles. The highest BCUT2D eigenvalue weighted by molar-refractivity contribution is 7.67. The molecule has 2 aliphatic carbocycles. The lowest BCUT2D eigenvalue weighted by Gasteiger charge is -2.40. The van der Waals surface area contributed by atoms with Gasteiger partial charge in [-0.2, -0.15) is 0 Å². The van der Waals surface area contributed by atoms with E-state index in [1.54, 1.807) is 36.9 Å². The number of nitrogens with two attached hydrogens (primary N) is 2. The number of carbonyl (C=O) groups excluding carboxylic acids is 4. The van der Waals surface area contributed by atoms with Gasteiger partial charge in [-0.05, 0) is 129 Å². The van der Waals surface area contributed by atoms with E-state index in [9.17, 15) is 19.2 Å². The average Bonchev–Trinajstić information content (AvgIpc) is 0.806. The number of hydrogen-bond donors (Lipinski definition) is 4. The van der Waals surface area contributed by atoms with Crippen molar-refractivity contribution in [2.24, 2.45) is 11.5 Å². The maximum atomic E-state index is 12.9. The Kier molecular flexibility index (Phi) is 23.7. The lowest BCUT2D eigenvalue weighted by Crippen LogP contribution is -2.54. The van der Waals surface area contributed by atoms with Crippen molar-refractivity contribution in [1.82, 2.24) is 40.2 Å². The molecular weight excluding hydrogens is 1240 g/mol. The van der Waals surface area contributed by atoms with Crippen LogP contribution in [0.3, 0.4) is 0 Å². The summed E-state index contributed by atoms with van der Waals surface area (Å²) in [5.74, 6) is 2.73. The average molecular weight is 1320 g/mol. The predicted octanol–water partition coefficient (Wildman–Crippen LogP) is 10.1. The van der Waals surface area contributed by atoms with Crippen LogP contribution >= 0.6 is 19.5 Å². The van der Waals surface area contributed by atoms with Gasteiger partial charge in [-0.3, -0.25) is 29.1 Å². The van der Waals surface area contributed by atoms with Crippen molar-refractivity contribution in [3.8, 4) is 22.8 Å². The van der Waals surface area contributed by atoms with Crippen LogP contribution in [0.1, 0.15) is 119 Å². The van der Waals surface area contributed by atoms with Crippen LogP contribution in [0, 0.1) is 0 Å². The minimum atomic E-state index is -1.51. The fourth-order valence-electron chi connectivity index (χ4n) is 13.1. The van der Waals surface area contributed by atoms with Crippen molar-refractivity contribution in [3.05, 3.63) is 192 Å². The summed E-state index contributed by atoms with van der Waals surface area (Å²) in [4.78, 5) is 64.3. The van der Waals surface area contributed by atoms with E-state index >= 15 is 0 Å². The second kappa shape index (κ2) is 32.8. The Labute approximate surface area is 560 Å². The highest BCUT2D eigenvalue weighted by Gasteiger charge is 2.37. The predicted molar refractivity (Wildman–Crippen MR) is 377 cm³/mol. The molecule has 4 aliphatic rings. The monoisotopic (exact) mass is 1320 g/mol. The van der Waals surface area contributed by atoms with Crippen molar-refractivity contribution < 1.29 is 38.7 Å². The summed E-state index contributed by atoms with van der Waals surface area (Å²) in [6.07, 6.45) is 21.1. The molecule has 9 aromatic rings. The van der Waals surface area contributed by atoms with Gasteiger partial charge >= 0.3 is 7.12 Å². The molecule has 2 saturated carbocycles. The standard InChI is InChI=1S/C26H24N6O2.C20H31O2P.C19H18ClN5O.C7H8BNO3/c1-17-16-31(26(34)20-5-3-2-4-6-20)13-14-32(17)25-22-15-28-12-11-21(22)23(29-30-25)18-7-9-19(10-8-18)24(27)33;1-21-18-14-9-15-19(22-2)20(18)23(16-10-5-3-6-11-16)17-12-7-4-8-13-17;1-13-12-24(19(26)14-5-3-2-4-6-14)9-10-25(13)18-16-11-21-8-7-15(16)17(20)22-23-18;9-7(10)5-1-3-6(4-2-5)8(11)12/h2-12,15,17H,13-14,16H2,1H3,(H2,27,33);9,14-17H,3-8,10-13H2,1-2H3;2-8,11,13H,9-10,12H2,1H3;1-4,11-12H,(H2,9,10)/t17-;;13-;/m1.1./s1. The molecule has 6 N–H and O–H groups in total. The number of carbonyl (C=O) groups is 4. The van der Waals surface area contributed by atoms with Gasteiger partial charge in [-0.25, -0.2) is 0 Å². The van der Waals surface area contributed by atoms with Crippen LogP contribution in [0.5, 0.6) is 11.5 Å². The van der Waals surface area contributed by atoms with Crippen molar-refractivity contribution in [2.75, 3.05) is 63.3 Å². The minimum absolute atomic E-state index is 0.0412. The molecule has 95 heavy (non-hydrogen) atoms. The zero-order valence-electron chi connectivity index (χ0n) is 54.1. The van der Waals surface area contributed by atoms with E-state index in [2.05, 4.69) is 72.2 Å². The molecule has 6 heterocycles. The number of anilines is 2. The fraction of sp³-hybridized carbons (Fsp3) is 0.333. The molecule has 0 bridgehead atoms. The van der Waals surface area contributed by atoms with Crippen LogP contribution in [-0.2, 0) is 0 Å². The highest BCUT2D eigenvalue weighted by atomic mass is 35.5. The molecule has 0 radical (unpaired) electrons. The van der Waals surface area contributed by atoms with Gasteiger partial charge in [0.15, 0.2) is 16.8 Å². The quantitative estimate of drug-likeness (QED) is 0.0617. The summed E-state index contributed by atoms with van der Waals surface area (Å²) in [7, 11) is 1.92. The van der Waals surface area contributed by atoms with Crippen LogP contribution in [0.4, 0.5) is 11.6 Å². The number of ether oxygens (including phenoxy) is 2. The van der Waals surface area contributed by atoms with E-state index < -0.39 is 18.9 Å². The number of benzene rings is 5. The van der Waals surface area contributed by atoms with Gasteiger partial charge in [0, 0.05) is 126 Å². The summed E-state index contributed by atoms with van der Waals surface area (Å²) < 4.78 is 11.6. The molecule has 13 rings (SSSR count). The molecule has 23 heteroatoms. The van der Waals surface area contributed by atoms with E-state index in [1.165, 1.54) is 93.8 Å². The molecule has 20 nitrogen and oxygen atoms in total. The van der Waals surface area contributed by atoms with Gasteiger partial charge in [0.05, 0.1) is 19.5 Å². The summed E-state index contributed by atoms with van der Waals surface area (Å²) in [6.45, 7) is 7.94. The number of rotatable bonds is 13. The van der Waals surface area contributed by atoms with Crippen LogP contribution in [0.15, 0.2) is 164 Å². The number of fused-ring (bicyclic) bond motifs is 2. The molecule has 4 amide bonds. The van der Waals surface area contributed by atoms with Crippen LogP contribution in [-0.4, -0.2) is 158 Å². The molecular formula is C72H81BClN12O8P. The second-order valence-electron chi connectivity index (χ2n) is 24.2. The Bertz CT molecular complexity index is 4020. The number of piperazine rings is 2. The van der Waals surface area contributed by atoms with Crippen molar-refractivity contribution >= 4 is 94.2 Å². The zero-order chi connectivity index (χ0) is 67.0. The minimum Gasteiger partial charge on any atom is -0.496 e.